The van der Waals surface area contributed by atoms with Crippen LogP contribution in [0.4, 0.5) is 11.8 Å². The van der Waals surface area contributed by atoms with Gasteiger partial charge in [0.1, 0.15) is 5.82 Å². The Balaban J connectivity index is 1.99. The van der Waals surface area contributed by atoms with Gasteiger partial charge in [-0.05, 0) is 6.07 Å². The van der Waals surface area contributed by atoms with Crippen molar-refractivity contribution < 1.29 is 0 Å². The standard InChI is InChI=1S/C12H17N5S/c1-16(2)10-4-6-14-12(15-10)17(3)8-5-11-13-7-9-18-11/h4,6-7,9H,5,8H2,1-3H3. The molecule has 0 saturated carbocycles. The van der Waals surface area contributed by atoms with Gasteiger partial charge >= 0.3 is 0 Å². The third-order valence-corrected chi connectivity index (χ3v) is 3.41. The molecule has 0 aromatic carbocycles. The van der Waals surface area contributed by atoms with E-state index in [-0.39, 0.29) is 0 Å². The first-order valence-corrected chi connectivity index (χ1v) is 6.64. The highest BCUT2D eigenvalue weighted by atomic mass is 32.1. The van der Waals surface area contributed by atoms with E-state index >= 15 is 0 Å². The summed E-state index contributed by atoms with van der Waals surface area (Å²) < 4.78 is 0. The predicted molar refractivity (Wildman–Crippen MR) is 75.4 cm³/mol. The number of hydrogen-bond acceptors (Lipinski definition) is 6. The molecule has 0 amide bonds. The van der Waals surface area contributed by atoms with Crippen molar-refractivity contribution in [3.63, 3.8) is 0 Å². The van der Waals surface area contributed by atoms with Crippen molar-refractivity contribution >= 4 is 23.1 Å². The molecule has 0 unspecified atom stereocenters. The van der Waals surface area contributed by atoms with Gasteiger partial charge in [0, 0.05) is 51.9 Å². The zero-order chi connectivity index (χ0) is 13.0. The summed E-state index contributed by atoms with van der Waals surface area (Å²) in [4.78, 5) is 17.1. The maximum atomic E-state index is 4.50. The Hall–Kier alpha value is -1.69. The van der Waals surface area contributed by atoms with Gasteiger partial charge in [0.2, 0.25) is 5.95 Å². The summed E-state index contributed by atoms with van der Waals surface area (Å²) >= 11 is 1.68. The Morgan fingerprint density at radius 1 is 1.17 bits per heavy atom. The maximum absolute atomic E-state index is 4.50. The Morgan fingerprint density at radius 2 is 2.00 bits per heavy atom. The molecular weight excluding hydrogens is 246 g/mol. The third kappa shape index (κ3) is 3.16. The van der Waals surface area contributed by atoms with Crippen LogP contribution in [0, 0.1) is 0 Å². The molecule has 0 spiro atoms. The minimum atomic E-state index is 0.748. The molecule has 6 heteroatoms. The van der Waals surface area contributed by atoms with Gasteiger partial charge in [-0.25, -0.2) is 9.97 Å². The third-order valence-electron chi connectivity index (χ3n) is 2.57. The molecule has 0 N–H and O–H groups in total. The number of thiazole rings is 1. The van der Waals surface area contributed by atoms with Crippen LogP contribution in [0.15, 0.2) is 23.8 Å². The Bertz CT molecular complexity index is 483. The molecule has 5 nitrogen and oxygen atoms in total. The van der Waals surface area contributed by atoms with Gasteiger partial charge in [-0.3, -0.25) is 0 Å². The van der Waals surface area contributed by atoms with Gasteiger partial charge < -0.3 is 9.80 Å². The summed E-state index contributed by atoms with van der Waals surface area (Å²) in [5.74, 6) is 1.67. The number of hydrogen-bond donors (Lipinski definition) is 0. The van der Waals surface area contributed by atoms with Gasteiger partial charge in [-0.1, -0.05) is 0 Å². The van der Waals surface area contributed by atoms with Crippen LogP contribution in [-0.2, 0) is 6.42 Å². The van der Waals surface area contributed by atoms with Crippen molar-refractivity contribution in [2.24, 2.45) is 0 Å². The molecule has 0 aliphatic carbocycles. The molecule has 2 rings (SSSR count). The summed E-state index contributed by atoms with van der Waals surface area (Å²) in [5.41, 5.74) is 0. The molecule has 2 aromatic heterocycles. The molecule has 0 aliphatic rings. The van der Waals surface area contributed by atoms with E-state index in [0.717, 1.165) is 29.7 Å². The smallest absolute Gasteiger partial charge is 0.227 e. The van der Waals surface area contributed by atoms with E-state index in [2.05, 4.69) is 19.9 Å². The molecule has 0 saturated heterocycles. The fourth-order valence-electron chi connectivity index (χ4n) is 1.51. The lowest BCUT2D eigenvalue weighted by Gasteiger charge is -2.18. The molecule has 2 heterocycles. The molecule has 18 heavy (non-hydrogen) atoms. The van der Waals surface area contributed by atoms with Crippen molar-refractivity contribution in [3.8, 4) is 0 Å². The monoisotopic (exact) mass is 263 g/mol. The van der Waals surface area contributed by atoms with E-state index in [1.165, 1.54) is 0 Å². The number of nitrogens with zero attached hydrogens (tertiary/aromatic N) is 5. The molecule has 0 radical (unpaired) electrons. The minimum absolute atomic E-state index is 0.748. The lowest BCUT2D eigenvalue weighted by atomic mass is 10.4. The lowest BCUT2D eigenvalue weighted by Crippen LogP contribution is -2.23. The van der Waals surface area contributed by atoms with Crippen molar-refractivity contribution in [1.29, 1.82) is 0 Å². The first-order valence-electron chi connectivity index (χ1n) is 5.76. The van der Waals surface area contributed by atoms with E-state index in [1.807, 2.05) is 43.7 Å². The molecule has 2 aromatic rings. The van der Waals surface area contributed by atoms with E-state index in [0.29, 0.717) is 0 Å². The van der Waals surface area contributed by atoms with Gasteiger partial charge in [-0.2, -0.15) is 4.98 Å². The van der Waals surface area contributed by atoms with Crippen LogP contribution in [0.3, 0.4) is 0 Å². The Labute approximate surface area is 111 Å². The molecule has 0 bridgehead atoms. The second kappa shape index (κ2) is 5.77. The fraction of sp³-hybridized carbons (Fsp3) is 0.417. The molecule has 0 aliphatic heterocycles. The van der Waals surface area contributed by atoms with Crippen LogP contribution < -0.4 is 9.80 Å². The zero-order valence-corrected chi connectivity index (χ0v) is 11.7. The topological polar surface area (TPSA) is 45.2 Å². The second-order valence-corrected chi connectivity index (χ2v) is 5.19. The van der Waals surface area contributed by atoms with E-state index in [1.54, 1.807) is 17.5 Å². The van der Waals surface area contributed by atoms with E-state index < -0.39 is 0 Å². The SMILES string of the molecule is CN(C)c1ccnc(N(C)CCc2nccs2)n1. The fourth-order valence-corrected chi connectivity index (χ4v) is 2.12. The number of rotatable bonds is 5. The number of likely N-dealkylation sites (N-methyl/N-ethyl adjacent to an activating group) is 1. The summed E-state index contributed by atoms with van der Waals surface area (Å²) in [7, 11) is 5.95. The molecule has 0 fully saturated rings. The van der Waals surface area contributed by atoms with Crippen LogP contribution in [0.2, 0.25) is 0 Å². The normalized spacial score (nSPS) is 10.4. The Kier molecular flexibility index (Phi) is 4.09. The van der Waals surface area contributed by atoms with Gasteiger partial charge in [0.25, 0.3) is 0 Å². The number of anilines is 2. The largest absolute Gasteiger partial charge is 0.363 e. The highest BCUT2D eigenvalue weighted by Gasteiger charge is 2.07. The van der Waals surface area contributed by atoms with Gasteiger partial charge in [0.15, 0.2) is 0 Å². The summed E-state index contributed by atoms with van der Waals surface area (Å²) in [6.07, 6.45) is 4.55. The van der Waals surface area contributed by atoms with E-state index in [9.17, 15) is 0 Å². The average Bonchev–Trinajstić information content (AvgIpc) is 2.89. The van der Waals surface area contributed by atoms with Crippen LogP contribution in [0.1, 0.15) is 5.01 Å². The first-order chi connectivity index (χ1) is 8.66. The summed E-state index contributed by atoms with van der Waals surface area (Å²) in [6.45, 7) is 0.865. The average molecular weight is 263 g/mol. The quantitative estimate of drug-likeness (QED) is 0.821. The zero-order valence-electron chi connectivity index (χ0n) is 10.9. The van der Waals surface area contributed by atoms with Crippen LogP contribution in [0.25, 0.3) is 0 Å². The highest BCUT2D eigenvalue weighted by Crippen LogP contribution is 2.12. The van der Waals surface area contributed by atoms with Crippen LogP contribution in [-0.4, -0.2) is 42.6 Å². The predicted octanol–water partition coefficient (Wildman–Crippen LogP) is 1.68. The van der Waals surface area contributed by atoms with Crippen molar-refractivity contribution in [3.05, 3.63) is 28.8 Å². The number of aromatic nitrogens is 3. The van der Waals surface area contributed by atoms with Gasteiger partial charge in [-0.15, -0.1) is 11.3 Å². The highest BCUT2D eigenvalue weighted by molar-refractivity contribution is 7.09. The Morgan fingerprint density at radius 3 is 2.67 bits per heavy atom. The van der Waals surface area contributed by atoms with Gasteiger partial charge in [0.05, 0.1) is 5.01 Å². The lowest BCUT2D eigenvalue weighted by molar-refractivity contribution is 0.830. The van der Waals surface area contributed by atoms with Crippen molar-refractivity contribution in [2.75, 3.05) is 37.5 Å². The molecular formula is C12H17N5S. The molecule has 0 atom stereocenters. The minimum Gasteiger partial charge on any atom is -0.363 e. The maximum Gasteiger partial charge on any atom is 0.227 e. The van der Waals surface area contributed by atoms with Crippen LogP contribution >= 0.6 is 11.3 Å². The molecule has 96 valence electrons. The first kappa shape index (κ1) is 12.8. The second-order valence-electron chi connectivity index (χ2n) is 4.21. The van der Waals surface area contributed by atoms with E-state index in [4.69, 9.17) is 0 Å². The van der Waals surface area contributed by atoms with Crippen molar-refractivity contribution in [1.82, 2.24) is 15.0 Å². The van der Waals surface area contributed by atoms with Crippen molar-refractivity contribution in [2.45, 2.75) is 6.42 Å². The summed E-state index contributed by atoms with van der Waals surface area (Å²) in [6, 6.07) is 1.90. The summed E-state index contributed by atoms with van der Waals surface area (Å²) in [5, 5.41) is 3.14. The van der Waals surface area contributed by atoms with Crippen LogP contribution in [0.5, 0.6) is 0 Å².